The summed E-state index contributed by atoms with van der Waals surface area (Å²) in [5.74, 6) is -0.196. The van der Waals surface area contributed by atoms with Crippen molar-refractivity contribution in [3.8, 4) is 5.69 Å². The van der Waals surface area contributed by atoms with E-state index in [0.29, 0.717) is 5.69 Å². The molecular formula is C15H14N4OS. The van der Waals surface area contributed by atoms with Gasteiger partial charge in [0.15, 0.2) is 0 Å². The van der Waals surface area contributed by atoms with E-state index >= 15 is 0 Å². The molecule has 0 bridgehead atoms. The van der Waals surface area contributed by atoms with Gasteiger partial charge in [0, 0.05) is 22.4 Å². The molecule has 3 rings (SSSR count). The molecule has 0 saturated heterocycles. The third-order valence-corrected chi connectivity index (χ3v) is 3.91. The highest BCUT2D eigenvalue weighted by Gasteiger charge is 2.08. The number of rotatable bonds is 3. The largest absolute Gasteiger partial charge is 0.321 e. The molecule has 0 aliphatic rings. The Morgan fingerprint density at radius 1 is 1.19 bits per heavy atom. The average molecular weight is 298 g/mol. The molecule has 106 valence electrons. The van der Waals surface area contributed by atoms with E-state index in [2.05, 4.69) is 15.3 Å². The monoisotopic (exact) mass is 298 g/mol. The smallest absolute Gasteiger partial charge is 0.275 e. The van der Waals surface area contributed by atoms with Crippen molar-refractivity contribution in [1.82, 2.24) is 14.5 Å². The van der Waals surface area contributed by atoms with E-state index in [1.54, 1.807) is 17.2 Å². The predicted octanol–water partition coefficient (Wildman–Crippen LogP) is 3.20. The number of carbonyl (C=O) groups is 1. The van der Waals surface area contributed by atoms with Crippen LogP contribution in [-0.4, -0.2) is 20.4 Å². The number of aryl methyl sites for hydroxylation is 1. The zero-order valence-corrected chi connectivity index (χ0v) is 12.5. The Hall–Kier alpha value is -2.47. The van der Waals surface area contributed by atoms with Gasteiger partial charge >= 0.3 is 0 Å². The lowest BCUT2D eigenvalue weighted by Gasteiger charge is -2.08. The van der Waals surface area contributed by atoms with Crippen molar-refractivity contribution < 1.29 is 4.79 Å². The van der Waals surface area contributed by atoms with Crippen molar-refractivity contribution in [1.29, 1.82) is 0 Å². The quantitative estimate of drug-likeness (QED) is 0.807. The molecule has 0 saturated carbocycles. The highest BCUT2D eigenvalue weighted by atomic mass is 32.1. The van der Waals surface area contributed by atoms with Gasteiger partial charge in [-0.25, -0.2) is 9.97 Å². The summed E-state index contributed by atoms with van der Waals surface area (Å²) in [6, 6.07) is 7.64. The van der Waals surface area contributed by atoms with Gasteiger partial charge in [0.25, 0.3) is 5.91 Å². The number of imidazole rings is 1. The summed E-state index contributed by atoms with van der Waals surface area (Å²) in [6.45, 7) is 4.01. The second-order valence-corrected chi connectivity index (χ2v) is 5.38. The van der Waals surface area contributed by atoms with Crippen LogP contribution in [0.25, 0.3) is 5.69 Å². The standard InChI is InChI=1S/C15H14N4OS/c1-10-11(2)19(8-16-10)13-5-3-12(4-6-13)18-15(20)14-7-21-9-17-14/h3-9H,1-2H3,(H,18,20). The van der Waals surface area contributed by atoms with E-state index in [0.717, 1.165) is 22.8 Å². The zero-order valence-electron chi connectivity index (χ0n) is 11.7. The highest BCUT2D eigenvalue weighted by molar-refractivity contribution is 7.07. The SMILES string of the molecule is Cc1ncn(-c2ccc(NC(=O)c3cscn3)cc2)c1C. The van der Waals surface area contributed by atoms with Gasteiger partial charge in [0.1, 0.15) is 5.69 Å². The molecule has 1 aromatic carbocycles. The van der Waals surface area contributed by atoms with Crippen molar-refractivity contribution in [3.63, 3.8) is 0 Å². The van der Waals surface area contributed by atoms with Crippen molar-refractivity contribution in [3.05, 3.63) is 58.6 Å². The molecule has 0 aliphatic heterocycles. The minimum Gasteiger partial charge on any atom is -0.321 e. The van der Waals surface area contributed by atoms with E-state index in [4.69, 9.17) is 0 Å². The van der Waals surface area contributed by atoms with Crippen molar-refractivity contribution in [2.75, 3.05) is 5.32 Å². The molecule has 6 heteroatoms. The number of anilines is 1. The van der Waals surface area contributed by atoms with Crippen molar-refractivity contribution >= 4 is 22.9 Å². The summed E-state index contributed by atoms with van der Waals surface area (Å²) in [7, 11) is 0. The zero-order chi connectivity index (χ0) is 14.8. The van der Waals surface area contributed by atoms with Gasteiger partial charge in [-0.05, 0) is 38.1 Å². The van der Waals surface area contributed by atoms with E-state index in [9.17, 15) is 4.79 Å². The maximum absolute atomic E-state index is 11.9. The molecule has 2 aromatic heterocycles. The van der Waals surface area contributed by atoms with Gasteiger partial charge in [-0.3, -0.25) is 4.79 Å². The fraction of sp³-hybridized carbons (Fsp3) is 0.133. The number of benzene rings is 1. The van der Waals surface area contributed by atoms with Crippen LogP contribution in [0.3, 0.4) is 0 Å². The van der Waals surface area contributed by atoms with Crippen LogP contribution in [0.1, 0.15) is 21.9 Å². The fourth-order valence-corrected chi connectivity index (χ4v) is 2.52. The lowest BCUT2D eigenvalue weighted by Crippen LogP contribution is -2.12. The molecular weight excluding hydrogens is 284 g/mol. The van der Waals surface area contributed by atoms with Gasteiger partial charge in [0.05, 0.1) is 17.5 Å². The Labute approximate surface area is 126 Å². The maximum Gasteiger partial charge on any atom is 0.275 e. The van der Waals surface area contributed by atoms with Crippen molar-refractivity contribution in [2.24, 2.45) is 0 Å². The predicted molar refractivity (Wildman–Crippen MR) is 83.1 cm³/mol. The number of thiazole rings is 1. The number of hydrogen-bond donors (Lipinski definition) is 1. The molecule has 21 heavy (non-hydrogen) atoms. The van der Waals surface area contributed by atoms with E-state index in [-0.39, 0.29) is 5.91 Å². The lowest BCUT2D eigenvalue weighted by molar-refractivity contribution is 0.102. The van der Waals surface area contributed by atoms with Gasteiger partial charge in [0.2, 0.25) is 0 Å². The lowest BCUT2D eigenvalue weighted by atomic mass is 10.2. The van der Waals surface area contributed by atoms with Gasteiger partial charge in [-0.15, -0.1) is 11.3 Å². The van der Waals surface area contributed by atoms with Crippen molar-refractivity contribution in [2.45, 2.75) is 13.8 Å². The molecule has 1 amide bonds. The van der Waals surface area contributed by atoms with Crippen LogP contribution >= 0.6 is 11.3 Å². The van der Waals surface area contributed by atoms with Crippen LogP contribution in [0.2, 0.25) is 0 Å². The summed E-state index contributed by atoms with van der Waals surface area (Å²) in [5.41, 5.74) is 5.95. The Balaban J connectivity index is 1.78. The maximum atomic E-state index is 11.9. The molecule has 0 spiro atoms. The summed E-state index contributed by atoms with van der Waals surface area (Å²) in [6.07, 6.45) is 1.80. The molecule has 0 unspecified atom stereocenters. The molecule has 0 radical (unpaired) electrons. The first-order chi connectivity index (χ1) is 10.1. The Morgan fingerprint density at radius 2 is 1.95 bits per heavy atom. The van der Waals surface area contributed by atoms with E-state index < -0.39 is 0 Å². The fourth-order valence-electron chi connectivity index (χ4n) is 1.98. The number of nitrogens with one attached hydrogen (secondary N) is 1. The Kier molecular flexibility index (Phi) is 3.53. The Morgan fingerprint density at radius 3 is 2.52 bits per heavy atom. The van der Waals surface area contributed by atoms with E-state index in [1.165, 1.54) is 11.3 Å². The Bertz CT molecular complexity index is 760. The minimum absolute atomic E-state index is 0.196. The molecule has 1 N–H and O–H groups in total. The topological polar surface area (TPSA) is 59.8 Å². The minimum atomic E-state index is -0.196. The summed E-state index contributed by atoms with van der Waals surface area (Å²) >= 11 is 1.40. The number of nitrogens with zero attached hydrogens (tertiary/aromatic N) is 3. The third-order valence-electron chi connectivity index (χ3n) is 3.32. The number of carbonyl (C=O) groups excluding carboxylic acids is 1. The highest BCUT2D eigenvalue weighted by Crippen LogP contribution is 2.17. The first-order valence-corrected chi connectivity index (χ1v) is 7.40. The number of aromatic nitrogens is 3. The van der Waals surface area contributed by atoms with Crippen LogP contribution in [0.15, 0.2) is 41.5 Å². The van der Waals surface area contributed by atoms with Gasteiger partial charge in [-0.2, -0.15) is 0 Å². The first-order valence-electron chi connectivity index (χ1n) is 6.45. The summed E-state index contributed by atoms with van der Waals surface area (Å²) in [5, 5.41) is 4.55. The summed E-state index contributed by atoms with van der Waals surface area (Å²) in [4.78, 5) is 20.2. The molecule has 5 nitrogen and oxygen atoms in total. The van der Waals surface area contributed by atoms with Crippen LogP contribution in [0.5, 0.6) is 0 Å². The molecule has 0 aliphatic carbocycles. The van der Waals surface area contributed by atoms with Crippen LogP contribution in [-0.2, 0) is 0 Å². The third kappa shape index (κ3) is 2.71. The number of amides is 1. The van der Waals surface area contributed by atoms with Gasteiger partial charge in [-0.1, -0.05) is 0 Å². The molecule has 3 aromatic rings. The summed E-state index contributed by atoms with van der Waals surface area (Å²) < 4.78 is 2.02. The van der Waals surface area contributed by atoms with Crippen LogP contribution in [0.4, 0.5) is 5.69 Å². The number of hydrogen-bond acceptors (Lipinski definition) is 4. The normalized spacial score (nSPS) is 10.6. The second kappa shape index (κ2) is 5.49. The molecule has 2 heterocycles. The average Bonchev–Trinajstić information content (AvgIpc) is 3.12. The first kappa shape index (κ1) is 13.5. The second-order valence-electron chi connectivity index (χ2n) is 4.66. The van der Waals surface area contributed by atoms with E-state index in [1.807, 2.05) is 42.7 Å². The van der Waals surface area contributed by atoms with Crippen LogP contribution in [0, 0.1) is 13.8 Å². The molecule has 0 atom stereocenters. The van der Waals surface area contributed by atoms with Crippen LogP contribution < -0.4 is 5.32 Å². The molecule has 0 fully saturated rings. The van der Waals surface area contributed by atoms with Gasteiger partial charge < -0.3 is 9.88 Å².